The Morgan fingerprint density at radius 1 is 0.606 bits per heavy atom. The number of hydrogen-bond acceptors (Lipinski definition) is 3. The van der Waals surface area contributed by atoms with Gasteiger partial charge in [0.25, 0.3) is 0 Å². The van der Waals surface area contributed by atoms with E-state index in [2.05, 4.69) is 86.5 Å². The van der Waals surface area contributed by atoms with Crippen LogP contribution in [0, 0.1) is 22.9 Å². The minimum atomic E-state index is -1.50. The minimum Gasteiger partial charge on any atom is -0.497 e. The molecule has 0 radical (unpaired) electrons. The summed E-state index contributed by atoms with van der Waals surface area (Å²) in [6.07, 6.45) is 0. The fourth-order valence-electron chi connectivity index (χ4n) is 3.07. The van der Waals surface area contributed by atoms with Gasteiger partial charge in [0.05, 0.1) is 14.2 Å². The van der Waals surface area contributed by atoms with Crippen molar-refractivity contribution in [2.24, 2.45) is 0 Å². The predicted molar refractivity (Wildman–Crippen MR) is 149 cm³/mol. The van der Waals surface area contributed by atoms with E-state index < -0.39 is 16.1 Å². The predicted octanol–water partition coefficient (Wildman–Crippen LogP) is 7.56. The van der Waals surface area contributed by atoms with Crippen molar-refractivity contribution < 1.29 is 9.47 Å². The summed E-state index contributed by atoms with van der Waals surface area (Å²) in [7, 11) is 0.385. The molecular formula is C28H32O2SSi2. The summed E-state index contributed by atoms with van der Waals surface area (Å²) in [5.74, 6) is 8.54. The summed E-state index contributed by atoms with van der Waals surface area (Å²) in [6.45, 7) is 13.6. The van der Waals surface area contributed by atoms with Gasteiger partial charge in [-0.2, -0.15) is 0 Å². The fourth-order valence-corrected chi connectivity index (χ4v) is 5.18. The normalized spacial score (nSPS) is 11.2. The summed E-state index contributed by atoms with van der Waals surface area (Å²) in [4.78, 5) is 2.37. The van der Waals surface area contributed by atoms with Crippen molar-refractivity contribution in [3.8, 4) is 55.3 Å². The highest BCUT2D eigenvalue weighted by Crippen LogP contribution is 2.38. The van der Waals surface area contributed by atoms with E-state index in [1.54, 1.807) is 25.6 Å². The van der Waals surface area contributed by atoms with E-state index in [0.717, 1.165) is 33.8 Å². The number of hydrogen-bond donors (Lipinski definition) is 0. The van der Waals surface area contributed by atoms with Gasteiger partial charge in [-0.1, -0.05) is 51.1 Å². The van der Waals surface area contributed by atoms with Crippen molar-refractivity contribution in [3.05, 3.63) is 59.7 Å². The second kappa shape index (κ2) is 10.1. The average Bonchev–Trinajstić information content (AvgIpc) is 3.24. The summed E-state index contributed by atoms with van der Waals surface area (Å²) in [6, 6.07) is 16.7. The van der Waals surface area contributed by atoms with Gasteiger partial charge in [0.15, 0.2) is 0 Å². The quantitative estimate of drug-likeness (QED) is 0.279. The third-order valence-electron chi connectivity index (χ3n) is 4.73. The van der Waals surface area contributed by atoms with Crippen LogP contribution in [0.25, 0.3) is 20.9 Å². The van der Waals surface area contributed by atoms with Crippen molar-refractivity contribution in [1.82, 2.24) is 0 Å². The number of methoxy groups -OCH3 is 2. The standard InChI is InChI=1S/C28H32O2SSi2/c1-29-23-9-11-25(21(19-23)15-17-32(3,4)5)27-13-14-28(31-27)26-12-10-24(30-2)20-22(26)16-18-33(6,7)8/h9-14,19-20H,1-8H3. The Labute approximate surface area is 205 Å². The first-order valence-electron chi connectivity index (χ1n) is 11.0. The number of ether oxygens (including phenoxy) is 2. The molecule has 2 nitrogen and oxygen atoms in total. The van der Waals surface area contributed by atoms with Crippen molar-refractivity contribution in [3.63, 3.8) is 0 Å². The molecule has 5 heteroatoms. The molecule has 0 saturated carbocycles. The second-order valence-electron chi connectivity index (χ2n) is 9.99. The highest BCUT2D eigenvalue weighted by molar-refractivity contribution is 7.18. The molecular weight excluding hydrogens is 457 g/mol. The highest BCUT2D eigenvalue weighted by Gasteiger charge is 2.14. The van der Waals surface area contributed by atoms with E-state index in [1.165, 1.54) is 9.75 Å². The van der Waals surface area contributed by atoms with Gasteiger partial charge in [0.1, 0.15) is 27.6 Å². The van der Waals surface area contributed by atoms with Crippen LogP contribution in [0.2, 0.25) is 39.3 Å². The van der Waals surface area contributed by atoms with Gasteiger partial charge in [-0.3, -0.25) is 0 Å². The van der Waals surface area contributed by atoms with Gasteiger partial charge in [-0.05, 0) is 48.5 Å². The van der Waals surface area contributed by atoms with Gasteiger partial charge < -0.3 is 9.47 Å². The lowest BCUT2D eigenvalue weighted by Gasteiger charge is -2.09. The highest BCUT2D eigenvalue weighted by atomic mass is 32.1. The van der Waals surface area contributed by atoms with E-state index in [4.69, 9.17) is 9.47 Å². The zero-order valence-electron chi connectivity index (χ0n) is 20.8. The van der Waals surface area contributed by atoms with E-state index in [1.807, 2.05) is 24.3 Å². The van der Waals surface area contributed by atoms with Crippen LogP contribution in [0.15, 0.2) is 48.5 Å². The first-order chi connectivity index (χ1) is 15.5. The fraction of sp³-hybridized carbons (Fsp3) is 0.286. The monoisotopic (exact) mass is 488 g/mol. The lowest BCUT2D eigenvalue weighted by atomic mass is 10.0. The number of benzene rings is 2. The third kappa shape index (κ3) is 6.89. The summed E-state index contributed by atoms with van der Waals surface area (Å²) >= 11 is 1.77. The first-order valence-corrected chi connectivity index (χ1v) is 18.8. The molecule has 0 fully saturated rings. The molecule has 0 N–H and O–H groups in total. The van der Waals surface area contributed by atoms with Gasteiger partial charge >= 0.3 is 0 Å². The molecule has 0 aliphatic heterocycles. The molecule has 3 aromatic rings. The molecule has 0 atom stereocenters. The van der Waals surface area contributed by atoms with Gasteiger partial charge in [0.2, 0.25) is 0 Å². The summed E-state index contributed by atoms with van der Waals surface area (Å²) in [5.41, 5.74) is 11.3. The van der Waals surface area contributed by atoms with Crippen molar-refractivity contribution >= 4 is 27.5 Å². The van der Waals surface area contributed by atoms with Crippen LogP contribution >= 0.6 is 11.3 Å². The molecule has 0 unspecified atom stereocenters. The van der Waals surface area contributed by atoms with Crippen LogP contribution in [-0.4, -0.2) is 30.4 Å². The number of thiophene rings is 1. The Morgan fingerprint density at radius 3 is 1.33 bits per heavy atom. The topological polar surface area (TPSA) is 18.5 Å². The van der Waals surface area contributed by atoms with Crippen molar-refractivity contribution in [2.75, 3.05) is 14.2 Å². The Balaban J connectivity index is 2.10. The Morgan fingerprint density at radius 2 is 1.00 bits per heavy atom. The molecule has 0 bridgehead atoms. The maximum atomic E-state index is 5.47. The number of rotatable bonds is 4. The molecule has 0 amide bonds. The zero-order valence-corrected chi connectivity index (χ0v) is 23.7. The molecule has 0 aliphatic rings. The SMILES string of the molecule is COc1ccc(-c2ccc(-c3ccc(OC)cc3C#C[Si](C)(C)C)s2)c(C#C[Si](C)(C)C)c1. The van der Waals surface area contributed by atoms with E-state index in [0.29, 0.717) is 0 Å². The molecule has 0 saturated heterocycles. The van der Waals surface area contributed by atoms with Crippen LogP contribution in [0.5, 0.6) is 11.5 Å². The van der Waals surface area contributed by atoms with Crippen molar-refractivity contribution in [1.29, 1.82) is 0 Å². The molecule has 0 spiro atoms. The van der Waals surface area contributed by atoms with Crippen LogP contribution in [0.1, 0.15) is 11.1 Å². The van der Waals surface area contributed by atoms with Crippen LogP contribution in [-0.2, 0) is 0 Å². The van der Waals surface area contributed by atoms with Crippen LogP contribution in [0.4, 0.5) is 0 Å². The van der Waals surface area contributed by atoms with E-state index >= 15 is 0 Å². The van der Waals surface area contributed by atoms with Crippen LogP contribution in [0.3, 0.4) is 0 Å². The molecule has 1 heterocycles. The van der Waals surface area contributed by atoms with Gasteiger partial charge in [0, 0.05) is 32.0 Å². The van der Waals surface area contributed by atoms with Gasteiger partial charge in [-0.15, -0.1) is 22.4 Å². The summed E-state index contributed by atoms with van der Waals surface area (Å²) < 4.78 is 10.9. The molecule has 170 valence electrons. The summed E-state index contributed by atoms with van der Waals surface area (Å²) in [5, 5.41) is 0. The van der Waals surface area contributed by atoms with E-state index in [-0.39, 0.29) is 0 Å². The van der Waals surface area contributed by atoms with Gasteiger partial charge in [-0.25, -0.2) is 0 Å². The second-order valence-corrected chi connectivity index (χ2v) is 20.6. The lowest BCUT2D eigenvalue weighted by molar-refractivity contribution is 0.414. The van der Waals surface area contributed by atoms with Crippen LogP contribution < -0.4 is 9.47 Å². The minimum absolute atomic E-state index is 0.828. The smallest absolute Gasteiger partial charge is 0.129 e. The maximum absolute atomic E-state index is 5.47. The molecule has 0 aliphatic carbocycles. The van der Waals surface area contributed by atoms with E-state index in [9.17, 15) is 0 Å². The Hall–Kier alpha value is -2.71. The Kier molecular flexibility index (Phi) is 7.59. The first kappa shape index (κ1) is 24.9. The van der Waals surface area contributed by atoms with Crippen molar-refractivity contribution in [2.45, 2.75) is 39.3 Å². The maximum Gasteiger partial charge on any atom is 0.129 e. The molecule has 33 heavy (non-hydrogen) atoms. The largest absolute Gasteiger partial charge is 0.497 e. The Bertz CT molecular complexity index is 1170. The average molecular weight is 489 g/mol. The lowest BCUT2D eigenvalue weighted by Crippen LogP contribution is -2.16. The molecule has 2 aromatic carbocycles. The third-order valence-corrected chi connectivity index (χ3v) is 7.64. The molecule has 1 aromatic heterocycles. The zero-order chi connectivity index (χ0) is 24.2. The molecule has 3 rings (SSSR count).